The van der Waals surface area contributed by atoms with E-state index < -0.39 is 0 Å². The summed E-state index contributed by atoms with van der Waals surface area (Å²) in [5.41, 5.74) is 2.12. The maximum atomic E-state index is 12.3. The van der Waals surface area contributed by atoms with Gasteiger partial charge in [-0.1, -0.05) is 11.6 Å². The van der Waals surface area contributed by atoms with Gasteiger partial charge in [-0.05, 0) is 48.0 Å². The number of carbonyl (C=O) groups excluding carboxylic acids is 1. The van der Waals surface area contributed by atoms with Crippen molar-refractivity contribution in [3.63, 3.8) is 0 Å². The third-order valence-corrected chi connectivity index (χ3v) is 5.34. The average molecular weight is 311 g/mol. The first-order valence-corrected chi connectivity index (χ1v) is 8.79. The minimum atomic E-state index is 0.321. The van der Waals surface area contributed by atoms with Crippen LogP contribution in [0.15, 0.2) is 12.1 Å². The van der Waals surface area contributed by atoms with Crippen molar-refractivity contribution in [2.45, 2.75) is 32.1 Å². The van der Waals surface area contributed by atoms with Crippen LogP contribution in [-0.2, 0) is 17.6 Å². The Morgan fingerprint density at radius 3 is 2.95 bits per heavy atom. The van der Waals surface area contributed by atoms with Gasteiger partial charge in [0.15, 0.2) is 0 Å². The Balaban J connectivity index is 1.66. The van der Waals surface area contributed by atoms with Crippen molar-refractivity contribution in [2.75, 3.05) is 18.1 Å². The van der Waals surface area contributed by atoms with Gasteiger partial charge in [0.25, 0.3) is 0 Å². The van der Waals surface area contributed by atoms with Gasteiger partial charge in [0.05, 0.1) is 6.61 Å². The number of thioether (sulfide) groups is 1. The molecule has 0 radical (unpaired) electrons. The third kappa shape index (κ3) is 3.32. The van der Waals surface area contributed by atoms with Crippen LogP contribution in [0.4, 0.5) is 0 Å². The van der Waals surface area contributed by atoms with E-state index in [9.17, 15) is 4.79 Å². The summed E-state index contributed by atoms with van der Waals surface area (Å²) < 4.78 is 5.66. The predicted octanol–water partition coefficient (Wildman–Crippen LogP) is 3.92. The molecule has 0 saturated carbocycles. The number of benzene rings is 1. The fourth-order valence-electron chi connectivity index (χ4n) is 3.03. The number of hydrogen-bond donors (Lipinski definition) is 0. The Morgan fingerprint density at radius 1 is 1.35 bits per heavy atom. The average Bonchev–Trinajstić information content (AvgIpc) is 2.88. The molecule has 1 saturated heterocycles. The van der Waals surface area contributed by atoms with E-state index in [1.807, 2.05) is 23.9 Å². The Hall–Kier alpha value is -0.670. The van der Waals surface area contributed by atoms with E-state index in [1.54, 1.807) is 0 Å². The molecular formula is C16H19ClO2S. The molecule has 108 valence electrons. The van der Waals surface area contributed by atoms with Gasteiger partial charge in [0, 0.05) is 29.8 Å². The minimum absolute atomic E-state index is 0.321. The first kappa shape index (κ1) is 14.3. The number of ketones is 1. The van der Waals surface area contributed by atoms with Gasteiger partial charge in [0.2, 0.25) is 0 Å². The Kier molecular flexibility index (Phi) is 4.57. The summed E-state index contributed by atoms with van der Waals surface area (Å²) in [7, 11) is 0. The summed E-state index contributed by atoms with van der Waals surface area (Å²) in [6.45, 7) is 0.705. The fraction of sp³-hybridized carbons (Fsp3) is 0.562. The van der Waals surface area contributed by atoms with Crippen LogP contribution in [0.25, 0.3) is 0 Å². The van der Waals surface area contributed by atoms with E-state index in [2.05, 4.69) is 0 Å². The van der Waals surface area contributed by atoms with Crippen LogP contribution in [-0.4, -0.2) is 23.9 Å². The lowest BCUT2D eigenvalue weighted by Crippen LogP contribution is -2.15. The number of carbonyl (C=O) groups is 1. The van der Waals surface area contributed by atoms with Crippen molar-refractivity contribution in [1.29, 1.82) is 0 Å². The molecule has 2 aliphatic rings. The number of ether oxygens (including phenoxy) is 1. The van der Waals surface area contributed by atoms with Gasteiger partial charge in [-0.15, -0.1) is 0 Å². The number of Topliss-reactive ketones (excluding diaryl/α,β-unsaturated/α-hetero) is 1. The summed E-state index contributed by atoms with van der Waals surface area (Å²) in [4.78, 5) is 12.3. The lowest BCUT2D eigenvalue weighted by molar-refractivity contribution is -0.119. The summed E-state index contributed by atoms with van der Waals surface area (Å²) in [6, 6.07) is 3.84. The highest BCUT2D eigenvalue weighted by atomic mass is 35.5. The van der Waals surface area contributed by atoms with Gasteiger partial charge >= 0.3 is 0 Å². The molecular weight excluding hydrogens is 292 g/mol. The molecule has 0 amide bonds. The fourth-order valence-corrected chi connectivity index (χ4v) is 4.50. The SMILES string of the molecule is O=C(Cc1cc(Cl)cc2c1OCC2)CC1CCSCC1. The Morgan fingerprint density at radius 2 is 2.15 bits per heavy atom. The summed E-state index contributed by atoms with van der Waals surface area (Å²) in [6.07, 6.45) is 4.44. The molecule has 0 aliphatic carbocycles. The molecule has 0 spiro atoms. The maximum absolute atomic E-state index is 12.3. The monoisotopic (exact) mass is 310 g/mol. The molecule has 1 fully saturated rings. The molecule has 1 aromatic rings. The first-order valence-electron chi connectivity index (χ1n) is 7.26. The Bertz CT molecular complexity index is 509. The van der Waals surface area contributed by atoms with Crippen molar-refractivity contribution in [3.8, 4) is 5.75 Å². The molecule has 4 heteroatoms. The summed E-state index contributed by atoms with van der Waals surface area (Å²) >= 11 is 8.13. The molecule has 0 aromatic heterocycles. The zero-order valence-corrected chi connectivity index (χ0v) is 13.1. The van der Waals surface area contributed by atoms with E-state index in [4.69, 9.17) is 16.3 Å². The van der Waals surface area contributed by atoms with Gasteiger partial charge < -0.3 is 4.74 Å². The predicted molar refractivity (Wildman–Crippen MR) is 84.0 cm³/mol. The van der Waals surface area contributed by atoms with Crippen LogP contribution in [0.2, 0.25) is 5.02 Å². The zero-order valence-electron chi connectivity index (χ0n) is 11.5. The van der Waals surface area contributed by atoms with Crippen LogP contribution in [0, 0.1) is 5.92 Å². The molecule has 0 N–H and O–H groups in total. The van der Waals surface area contributed by atoms with Crippen LogP contribution in [0.5, 0.6) is 5.75 Å². The summed E-state index contributed by atoms with van der Waals surface area (Å²) in [5, 5.41) is 0.714. The number of halogens is 1. The van der Waals surface area contributed by atoms with Crippen LogP contribution >= 0.6 is 23.4 Å². The van der Waals surface area contributed by atoms with Gasteiger partial charge in [0.1, 0.15) is 11.5 Å². The molecule has 0 bridgehead atoms. The summed E-state index contributed by atoms with van der Waals surface area (Å²) in [5.74, 6) is 4.21. The zero-order chi connectivity index (χ0) is 13.9. The second-order valence-electron chi connectivity index (χ2n) is 5.63. The van der Waals surface area contributed by atoms with Gasteiger partial charge in [-0.3, -0.25) is 4.79 Å². The minimum Gasteiger partial charge on any atom is -0.493 e. The first-order chi connectivity index (χ1) is 9.72. The molecule has 2 nitrogen and oxygen atoms in total. The van der Waals surface area contributed by atoms with E-state index in [1.165, 1.54) is 24.3 Å². The second-order valence-corrected chi connectivity index (χ2v) is 7.29. The highest BCUT2D eigenvalue weighted by Gasteiger charge is 2.21. The third-order valence-electron chi connectivity index (χ3n) is 4.07. The van der Waals surface area contributed by atoms with E-state index in [-0.39, 0.29) is 0 Å². The van der Waals surface area contributed by atoms with E-state index in [0.717, 1.165) is 23.3 Å². The molecule has 2 aliphatic heterocycles. The van der Waals surface area contributed by atoms with Gasteiger partial charge in [-0.25, -0.2) is 0 Å². The van der Waals surface area contributed by atoms with Crippen LogP contribution in [0.1, 0.15) is 30.4 Å². The second kappa shape index (κ2) is 6.40. The van der Waals surface area contributed by atoms with Crippen LogP contribution < -0.4 is 4.74 Å². The standard InChI is InChI=1S/C16H19ClO2S/c17-14-8-12-1-4-19-16(12)13(9-14)10-15(18)7-11-2-5-20-6-3-11/h8-9,11H,1-7,10H2. The van der Waals surface area contributed by atoms with Crippen molar-refractivity contribution >= 4 is 29.1 Å². The van der Waals surface area contributed by atoms with Crippen molar-refractivity contribution in [2.24, 2.45) is 5.92 Å². The lowest BCUT2D eigenvalue weighted by Gasteiger charge is -2.20. The van der Waals surface area contributed by atoms with Crippen LogP contribution in [0.3, 0.4) is 0 Å². The quantitative estimate of drug-likeness (QED) is 0.843. The van der Waals surface area contributed by atoms with Crippen molar-refractivity contribution < 1.29 is 9.53 Å². The van der Waals surface area contributed by atoms with E-state index in [0.29, 0.717) is 36.2 Å². The van der Waals surface area contributed by atoms with E-state index >= 15 is 0 Å². The highest BCUT2D eigenvalue weighted by molar-refractivity contribution is 7.99. The maximum Gasteiger partial charge on any atom is 0.137 e. The number of rotatable bonds is 4. The molecule has 3 rings (SSSR count). The molecule has 2 heterocycles. The molecule has 0 unspecified atom stereocenters. The molecule has 20 heavy (non-hydrogen) atoms. The number of fused-ring (bicyclic) bond motifs is 1. The van der Waals surface area contributed by atoms with Gasteiger partial charge in [-0.2, -0.15) is 11.8 Å². The smallest absolute Gasteiger partial charge is 0.137 e. The molecule has 1 aromatic carbocycles. The molecule has 0 atom stereocenters. The Labute approximate surface area is 129 Å². The largest absolute Gasteiger partial charge is 0.493 e. The van der Waals surface area contributed by atoms with Crippen molar-refractivity contribution in [3.05, 3.63) is 28.3 Å². The normalized spacial score (nSPS) is 18.6. The van der Waals surface area contributed by atoms with Crippen molar-refractivity contribution in [1.82, 2.24) is 0 Å². The highest BCUT2D eigenvalue weighted by Crippen LogP contribution is 2.34. The topological polar surface area (TPSA) is 26.3 Å². The lowest BCUT2D eigenvalue weighted by atomic mass is 9.93. The number of hydrogen-bond acceptors (Lipinski definition) is 3.